The summed E-state index contributed by atoms with van der Waals surface area (Å²) in [6.07, 6.45) is 2.72. The number of para-hydroxylation sites is 1. The standard InChI is InChI=1S/C23H25FN4O2/c1-16-3-2-4-20-22(16)26-15-28(23(20)30)12-10-21(29)25-13-17-9-11-27(14-17)19-7-5-18(24)6-8-19/h2-8,15,17H,9-14H2,1H3,(H,25,29). The van der Waals surface area contributed by atoms with E-state index in [1.54, 1.807) is 18.2 Å². The molecule has 1 saturated heterocycles. The molecule has 1 atom stereocenters. The lowest BCUT2D eigenvalue weighted by Gasteiger charge is -2.19. The molecule has 30 heavy (non-hydrogen) atoms. The molecule has 4 rings (SSSR count). The number of rotatable bonds is 6. The second kappa shape index (κ2) is 8.65. The number of carbonyl (C=O) groups excluding carboxylic acids is 1. The Morgan fingerprint density at radius 2 is 2.03 bits per heavy atom. The summed E-state index contributed by atoms with van der Waals surface area (Å²) >= 11 is 0. The number of nitrogens with one attached hydrogen (secondary N) is 1. The van der Waals surface area contributed by atoms with Gasteiger partial charge < -0.3 is 10.2 Å². The summed E-state index contributed by atoms with van der Waals surface area (Å²) in [6.45, 7) is 4.55. The zero-order chi connectivity index (χ0) is 21.1. The summed E-state index contributed by atoms with van der Waals surface area (Å²) in [6, 6.07) is 12.0. The van der Waals surface area contributed by atoms with Gasteiger partial charge in [-0.1, -0.05) is 12.1 Å². The Balaban J connectivity index is 1.28. The fraction of sp³-hybridized carbons (Fsp3) is 0.348. The summed E-state index contributed by atoms with van der Waals surface area (Å²) in [5.74, 6) is 0.0381. The number of hydrogen-bond donors (Lipinski definition) is 1. The second-order valence-corrected chi connectivity index (χ2v) is 7.85. The molecule has 2 heterocycles. The van der Waals surface area contributed by atoms with E-state index in [2.05, 4.69) is 15.2 Å². The number of halogens is 1. The lowest BCUT2D eigenvalue weighted by Crippen LogP contribution is -2.32. The van der Waals surface area contributed by atoms with Crippen molar-refractivity contribution in [1.29, 1.82) is 0 Å². The molecule has 1 aliphatic rings. The average molecular weight is 408 g/mol. The Morgan fingerprint density at radius 1 is 1.23 bits per heavy atom. The third kappa shape index (κ3) is 4.35. The molecule has 0 aliphatic carbocycles. The summed E-state index contributed by atoms with van der Waals surface area (Å²) in [5, 5.41) is 3.55. The lowest BCUT2D eigenvalue weighted by molar-refractivity contribution is -0.121. The van der Waals surface area contributed by atoms with Gasteiger partial charge in [0.15, 0.2) is 0 Å². The number of nitrogens with zero attached hydrogens (tertiary/aromatic N) is 3. The van der Waals surface area contributed by atoms with Gasteiger partial charge in [0.25, 0.3) is 5.56 Å². The van der Waals surface area contributed by atoms with Gasteiger partial charge in [-0.2, -0.15) is 0 Å². The normalized spacial score (nSPS) is 16.2. The van der Waals surface area contributed by atoms with Crippen LogP contribution in [0.15, 0.2) is 53.6 Å². The average Bonchev–Trinajstić information content (AvgIpc) is 3.22. The molecule has 1 N–H and O–H groups in total. The minimum atomic E-state index is -0.238. The Bertz CT molecular complexity index is 1110. The largest absolute Gasteiger partial charge is 0.371 e. The summed E-state index contributed by atoms with van der Waals surface area (Å²) in [4.78, 5) is 31.5. The molecule has 156 valence electrons. The lowest BCUT2D eigenvalue weighted by atomic mass is 10.1. The molecular weight excluding hydrogens is 383 g/mol. The minimum Gasteiger partial charge on any atom is -0.371 e. The molecule has 1 fully saturated rings. The molecular formula is C23H25FN4O2. The minimum absolute atomic E-state index is 0.0773. The molecule has 7 heteroatoms. The maximum atomic E-state index is 13.1. The number of aryl methyl sites for hydroxylation is 2. The molecule has 3 aromatic rings. The van der Waals surface area contributed by atoms with E-state index in [4.69, 9.17) is 0 Å². The van der Waals surface area contributed by atoms with Crippen LogP contribution in [-0.2, 0) is 11.3 Å². The first-order valence-electron chi connectivity index (χ1n) is 10.2. The molecule has 6 nitrogen and oxygen atoms in total. The molecule has 1 amide bonds. The molecule has 0 saturated carbocycles. The van der Waals surface area contributed by atoms with Gasteiger partial charge in [-0.05, 0) is 55.2 Å². The van der Waals surface area contributed by atoms with Gasteiger partial charge in [-0.25, -0.2) is 9.37 Å². The highest BCUT2D eigenvalue weighted by molar-refractivity contribution is 5.80. The van der Waals surface area contributed by atoms with Crippen LogP contribution in [-0.4, -0.2) is 35.1 Å². The zero-order valence-corrected chi connectivity index (χ0v) is 17.0. The fourth-order valence-corrected chi connectivity index (χ4v) is 3.95. The molecule has 2 aromatic carbocycles. The molecule has 0 spiro atoms. The Hall–Kier alpha value is -3.22. The highest BCUT2D eigenvalue weighted by Crippen LogP contribution is 2.23. The quantitative estimate of drug-likeness (QED) is 0.681. The second-order valence-electron chi connectivity index (χ2n) is 7.85. The topological polar surface area (TPSA) is 67.2 Å². The molecule has 0 bridgehead atoms. The first-order valence-corrected chi connectivity index (χ1v) is 10.2. The molecule has 1 unspecified atom stereocenters. The van der Waals surface area contributed by atoms with Gasteiger partial charge in [-0.15, -0.1) is 0 Å². The van der Waals surface area contributed by atoms with E-state index in [0.717, 1.165) is 30.8 Å². The van der Waals surface area contributed by atoms with Crippen LogP contribution in [0.1, 0.15) is 18.4 Å². The van der Waals surface area contributed by atoms with Crippen molar-refractivity contribution in [2.24, 2.45) is 5.92 Å². The highest BCUT2D eigenvalue weighted by atomic mass is 19.1. The van der Waals surface area contributed by atoms with Crippen LogP contribution in [0.25, 0.3) is 10.9 Å². The first-order chi connectivity index (χ1) is 14.5. The predicted molar refractivity (Wildman–Crippen MR) is 115 cm³/mol. The smallest absolute Gasteiger partial charge is 0.261 e. The monoisotopic (exact) mass is 408 g/mol. The number of anilines is 1. The van der Waals surface area contributed by atoms with E-state index in [1.807, 2.05) is 19.1 Å². The third-order valence-corrected chi connectivity index (χ3v) is 5.70. The predicted octanol–water partition coefficient (Wildman–Crippen LogP) is 2.88. The SMILES string of the molecule is Cc1cccc2c(=O)n(CCC(=O)NCC3CCN(c4ccc(F)cc4)C3)cnc12. The number of benzene rings is 2. The summed E-state index contributed by atoms with van der Waals surface area (Å²) < 4.78 is 14.6. The first kappa shape index (κ1) is 20.1. The van der Waals surface area contributed by atoms with E-state index in [-0.39, 0.29) is 23.7 Å². The van der Waals surface area contributed by atoms with Gasteiger partial charge in [0.2, 0.25) is 5.91 Å². The van der Waals surface area contributed by atoms with Crippen molar-refractivity contribution in [3.05, 3.63) is 70.5 Å². The molecule has 1 aliphatic heterocycles. The summed E-state index contributed by atoms with van der Waals surface area (Å²) in [5.41, 5.74) is 2.54. The van der Waals surface area contributed by atoms with Gasteiger partial charge in [-0.3, -0.25) is 14.2 Å². The van der Waals surface area contributed by atoms with E-state index in [0.29, 0.717) is 29.9 Å². The number of amides is 1. The van der Waals surface area contributed by atoms with Crippen LogP contribution in [0.2, 0.25) is 0 Å². The van der Waals surface area contributed by atoms with Gasteiger partial charge in [0, 0.05) is 38.3 Å². The van der Waals surface area contributed by atoms with E-state index >= 15 is 0 Å². The van der Waals surface area contributed by atoms with Crippen molar-refractivity contribution >= 4 is 22.5 Å². The van der Waals surface area contributed by atoms with E-state index < -0.39 is 0 Å². The van der Waals surface area contributed by atoms with Crippen molar-refractivity contribution in [1.82, 2.24) is 14.9 Å². The number of carbonyl (C=O) groups is 1. The van der Waals surface area contributed by atoms with Crippen LogP contribution in [0, 0.1) is 18.7 Å². The maximum absolute atomic E-state index is 13.1. The van der Waals surface area contributed by atoms with Crippen molar-refractivity contribution in [2.75, 3.05) is 24.5 Å². The Labute approximate surface area is 174 Å². The van der Waals surface area contributed by atoms with Gasteiger partial charge >= 0.3 is 0 Å². The van der Waals surface area contributed by atoms with Gasteiger partial charge in [0.1, 0.15) is 5.82 Å². The number of aromatic nitrogens is 2. The van der Waals surface area contributed by atoms with Crippen LogP contribution >= 0.6 is 0 Å². The molecule has 1 aromatic heterocycles. The highest BCUT2D eigenvalue weighted by Gasteiger charge is 2.23. The number of hydrogen-bond acceptors (Lipinski definition) is 4. The van der Waals surface area contributed by atoms with Crippen LogP contribution in [0.4, 0.5) is 10.1 Å². The summed E-state index contributed by atoms with van der Waals surface area (Å²) in [7, 11) is 0. The van der Waals surface area contributed by atoms with Crippen LogP contribution in [0.5, 0.6) is 0 Å². The van der Waals surface area contributed by atoms with Crippen LogP contribution in [0.3, 0.4) is 0 Å². The van der Waals surface area contributed by atoms with Gasteiger partial charge in [0.05, 0.1) is 17.2 Å². The maximum Gasteiger partial charge on any atom is 0.261 e. The Kier molecular flexibility index (Phi) is 5.79. The van der Waals surface area contributed by atoms with Crippen molar-refractivity contribution in [2.45, 2.75) is 26.3 Å². The van der Waals surface area contributed by atoms with Crippen LogP contribution < -0.4 is 15.8 Å². The van der Waals surface area contributed by atoms with Crippen molar-refractivity contribution < 1.29 is 9.18 Å². The third-order valence-electron chi connectivity index (χ3n) is 5.70. The van der Waals surface area contributed by atoms with Crippen molar-refractivity contribution in [3.63, 3.8) is 0 Å². The van der Waals surface area contributed by atoms with Crippen molar-refractivity contribution in [3.8, 4) is 0 Å². The molecule has 0 radical (unpaired) electrons. The van der Waals surface area contributed by atoms with E-state index in [9.17, 15) is 14.0 Å². The number of fused-ring (bicyclic) bond motifs is 1. The fourth-order valence-electron chi connectivity index (χ4n) is 3.95. The zero-order valence-electron chi connectivity index (χ0n) is 17.0. The Morgan fingerprint density at radius 3 is 2.83 bits per heavy atom. The van der Waals surface area contributed by atoms with E-state index in [1.165, 1.54) is 23.0 Å².